The van der Waals surface area contributed by atoms with Gasteiger partial charge in [-0.3, -0.25) is 14.4 Å². The molecule has 0 radical (unpaired) electrons. The number of unbranched alkanes of at least 4 members (excludes halogenated alkanes) is 1. The first kappa shape index (κ1) is 34.7. The van der Waals surface area contributed by atoms with E-state index in [9.17, 15) is 14.4 Å². The minimum atomic E-state index is -0.574. The first-order chi connectivity index (χ1) is 23.9. The highest BCUT2D eigenvalue weighted by molar-refractivity contribution is 8.00. The Morgan fingerprint density at radius 3 is 2.14 bits per heavy atom. The number of ether oxygens (including phenoxy) is 1. The van der Waals surface area contributed by atoms with E-state index in [2.05, 4.69) is 22.9 Å². The molecule has 0 saturated carbocycles. The Bertz CT molecular complexity index is 1880. The summed E-state index contributed by atoms with van der Waals surface area (Å²) in [7, 11) is 0. The molecule has 3 amide bonds. The molecular weight excluding hydrogens is 631 g/mol. The summed E-state index contributed by atoms with van der Waals surface area (Å²) >= 11 is 1.38. The zero-order chi connectivity index (χ0) is 34.4. The Morgan fingerprint density at radius 1 is 0.755 bits per heavy atom. The number of carbonyl (C=O) groups is 3. The predicted octanol–water partition coefficient (Wildman–Crippen LogP) is 9.06. The second kappa shape index (κ2) is 17.5. The van der Waals surface area contributed by atoms with Crippen molar-refractivity contribution in [3.63, 3.8) is 0 Å². The molecule has 5 aromatic carbocycles. The standard InChI is InChI=1S/C41H39N3O4S/c1-3-4-26-48-35-24-22-33(23-25-35)42-41(47)38(31-12-7-5-8-13-31)49-36-17-11-16-34(28-36)43-40(46)37(27-30-20-18-29(2)19-21-30)44-39(45)32-14-9-6-10-15-32/h5-25,27-28,38H,3-4,26H2,1-2H3,(H,42,47)(H,43,46)(H,44,45)/b37-27-. The maximum absolute atomic E-state index is 13.7. The van der Waals surface area contributed by atoms with E-state index in [4.69, 9.17) is 4.74 Å². The van der Waals surface area contributed by atoms with E-state index in [1.165, 1.54) is 11.8 Å². The van der Waals surface area contributed by atoms with Crippen molar-refractivity contribution in [2.24, 2.45) is 0 Å². The maximum Gasteiger partial charge on any atom is 0.272 e. The predicted molar refractivity (Wildman–Crippen MR) is 199 cm³/mol. The van der Waals surface area contributed by atoms with Crippen LogP contribution in [0, 0.1) is 6.92 Å². The highest BCUT2D eigenvalue weighted by Crippen LogP contribution is 2.37. The van der Waals surface area contributed by atoms with E-state index >= 15 is 0 Å². The van der Waals surface area contributed by atoms with Crippen molar-refractivity contribution < 1.29 is 19.1 Å². The highest BCUT2D eigenvalue weighted by Gasteiger charge is 2.23. The molecule has 49 heavy (non-hydrogen) atoms. The molecule has 0 fully saturated rings. The fourth-order valence-electron chi connectivity index (χ4n) is 4.83. The lowest BCUT2D eigenvalue weighted by atomic mass is 10.1. The average Bonchev–Trinajstić information content (AvgIpc) is 3.13. The number of nitrogens with one attached hydrogen (secondary N) is 3. The average molecular weight is 670 g/mol. The Morgan fingerprint density at radius 2 is 1.45 bits per heavy atom. The van der Waals surface area contributed by atoms with Gasteiger partial charge in [-0.2, -0.15) is 0 Å². The Hall–Kier alpha value is -5.60. The zero-order valence-corrected chi connectivity index (χ0v) is 28.3. The van der Waals surface area contributed by atoms with E-state index in [1.54, 1.807) is 36.4 Å². The molecule has 1 atom stereocenters. The fourth-order valence-corrected chi connectivity index (χ4v) is 5.91. The molecule has 7 nitrogen and oxygen atoms in total. The van der Waals surface area contributed by atoms with Gasteiger partial charge in [-0.25, -0.2) is 0 Å². The molecular formula is C41H39N3O4S. The molecule has 0 aliphatic rings. The number of aryl methyl sites for hydroxylation is 1. The maximum atomic E-state index is 13.7. The van der Waals surface area contributed by atoms with E-state index < -0.39 is 17.1 Å². The van der Waals surface area contributed by atoms with E-state index in [0.717, 1.165) is 40.2 Å². The molecule has 3 N–H and O–H groups in total. The summed E-state index contributed by atoms with van der Waals surface area (Å²) in [5, 5.41) is 8.18. The van der Waals surface area contributed by atoms with Gasteiger partial charge in [-0.1, -0.05) is 97.8 Å². The van der Waals surface area contributed by atoms with Crippen LogP contribution in [0.25, 0.3) is 6.08 Å². The molecule has 8 heteroatoms. The van der Waals surface area contributed by atoms with Crippen molar-refractivity contribution in [2.75, 3.05) is 17.2 Å². The fraction of sp³-hybridized carbons (Fsp3) is 0.146. The van der Waals surface area contributed by atoms with Crippen LogP contribution < -0.4 is 20.7 Å². The largest absolute Gasteiger partial charge is 0.494 e. The van der Waals surface area contributed by atoms with Crippen molar-refractivity contribution >= 4 is 46.9 Å². The molecule has 5 rings (SSSR count). The van der Waals surface area contributed by atoms with Crippen molar-refractivity contribution in [2.45, 2.75) is 36.8 Å². The van der Waals surface area contributed by atoms with Gasteiger partial charge < -0.3 is 20.7 Å². The Kier molecular flexibility index (Phi) is 12.4. The van der Waals surface area contributed by atoms with Crippen LogP contribution in [0.2, 0.25) is 0 Å². The molecule has 1 unspecified atom stereocenters. The minimum absolute atomic E-state index is 0.0964. The lowest BCUT2D eigenvalue weighted by molar-refractivity contribution is -0.116. The number of carbonyl (C=O) groups excluding carboxylic acids is 3. The van der Waals surface area contributed by atoms with Gasteiger partial charge in [-0.15, -0.1) is 11.8 Å². The number of thioether (sulfide) groups is 1. The van der Waals surface area contributed by atoms with Gasteiger partial charge in [0, 0.05) is 21.8 Å². The first-order valence-corrected chi connectivity index (χ1v) is 17.1. The molecule has 0 bridgehead atoms. The monoisotopic (exact) mass is 669 g/mol. The number of hydrogen-bond acceptors (Lipinski definition) is 5. The SMILES string of the molecule is CCCCOc1ccc(NC(=O)C(Sc2cccc(NC(=O)/C(=C/c3ccc(C)cc3)NC(=O)c3ccccc3)c2)c2ccccc2)cc1. The van der Waals surface area contributed by atoms with E-state index in [-0.39, 0.29) is 11.6 Å². The normalized spacial score (nSPS) is 11.7. The third kappa shape index (κ3) is 10.4. The van der Waals surface area contributed by atoms with Gasteiger partial charge in [0.1, 0.15) is 16.7 Å². The second-order valence-electron chi connectivity index (χ2n) is 11.4. The van der Waals surface area contributed by atoms with Gasteiger partial charge in [0.25, 0.3) is 11.8 Å². The van der Waals surface area contributed by atoms with E-state index in [1.807, 2.05) is 110 Å². The minimum Gasteiger partial charge on any atom is -0.494 e. The lowest BCUT2D eigenvalue weighted by Gasteiger charge is -2.18. The third-order valence-corrected chi connectivity index (χ3v) is 8.74. The van der Waals surface area contributed by atoms with E-state index in [0.29, 0.717) is 23.5 Å². The zero-order valence-electron chi connectivity index (χ0n) is 27.5. The smallest absolute Gasteiger partial charge is 0.272 e. The number of benzene rings is 5. The van der Waals surface area contributed by atoms with Crippen molar-refractivity contribution in [3.8, 4) is 5.75 Å². The summed E-state index contributed by atoms with van der Waals surface area (Å²) in [5.74, 6) is -0.298. The van der Waals surface area contributed by atoms with Gasteiger partial charge in [0.2, 0.25) is 5.91 Å². The van der Waals surface area contributed by atoms with Crippen LogP contribution in [0.4, 0.5) is 11.4 Å². The number of rotatable bonds is 14. The summed E-state index contributed by atoms with van der Waals surface area (Å²) in [6.45, 7) is 4.75. The molecule has 5 aromatic rings. The van der Waals surface area contributed by atoms with Gasteiger partial charge in [0.05, 0.1) is 6.61 Å². The second-order valence-corrected chi connectivity index (χ2v) is 12.6. The molecule has 0 saturated heterocycles. The van der Waals surface area contributed by atoms with Crippen LogP contribution in [0.3, 0.4) is 0 Å². The summed E-state index contributed by atoms with van der Waals surface area (Å²) < 4.78 is 5.76. The van der Waals surface area contributed by atoms with Crippen LogP contribution >= 0.6 is 11.8 Å². The van der Waals surface area contributed by atoms with Crippen LogP contribution in [-0.4, -0.2) is 24.3 Å². The third-order valence-electron chi connectivity index (χ3n) is 7.49. The van der Waals surface area contributed by atoms with Crippen molar-refractivity contribution in [3.05, 3.63) is 161 Å². The summed E-state index contributed by atoms with van der Waals surface area (Å²) in [6, 6.07) is 40.6. The number of anilines is 2. The number of amides is 3. The molecule has 248 valence electrons. The van der Waals surface area contributed by atoms with Gasteiger partial charge >= 0.3 is 0 Å². The summed E-state index contributed by atoms with van der Waals surface area (Å²) in [6.07, 6.45) is 3.68. The van der Waals surface area contributed by atoms with Gasteiger partial charge in [0.15, 0.2) is 0 Å². The molecule has 0 aliphatic carbocycles. The van der Waals surface area contributed by atoms with Crippen LogP contribution in [0.15, 0.2) is 144 Å². The molecule has 0 heterocycles. The van der Waals surface area contributed by atoms with Crippen LogP contribution in [0.1, 0.15) is 52.1 Å². The van der Waals surface area contributed by atoms with Crippen LogP contribution in [-0.2, 0) is 9.59 Å². The molecule has 0 aromatic heterocycles. The quantitative estimate of drug-likeness (QED) is 0.0623. The topological polar surface area (TPSA) is 96.5 Å². The van der Waals surface area contributed by atoms with Gasteiger partial charge in [-0.05, 0) is 85.1 Å². The first-order valence-electron chi connectivity index (χ1n) is 16.2. The summed E-state index contributed by atoms with van der Waals surface area (Å²) in [4.78, 5) is 41.2. The molecule has 0 aliphatic heterocycles. The highest BCUT2D eigenvalue weighted by atomic mass is 32.2. The van der Waals surface area contributed by atoms with Crippen LogP contribution in [0.5, 0.6) is 5.75 Å². The Labute approximate surface area is 291 Å². The Balaban J connectivity index is 1.33. The van der Waals surface area contributed by atoms with Crippen molar-refractivity contribution in [1.82, 2.24) is 5.32 Å². The molecule has 0 spiro atoms. The summed E-state index contributed by atoms with van der Waals surface area (Å²) in [5.41, 5.74) is 4.41. The lowest BCUT2D eigenvalue weighted by Crippen LogP contribution is -2.30. The van der Waals surface area contributed by atoms with Crippen molar-refractivity contribution in [1.29, 1.82) is 0 Å². The number of hydrogen-bond donors (Lipinski definition) is 3.